The average molecular weight is 330 g/mol. The Labute approximate surface area is 150 Å². The molecule has 0 radical (unpaired) electrons. The maximum absolute atomic E-state index is 4.44. The smallest absolute Gasteiger partial charge is 0.0707 e. The molecule has 128 valence electrons. The summed E-state index contributed by atoms with van der Waals surface area (Å²) in [5, 5.41) is 1.19. The summed E-state index contributed by atoms with van der Waals surface area (Å²) in [6, 6.07) is 15.0. The minimum Gasteiger partial charge on any atom is -0.372 e. The third-order valence-corrected chi connectivity index (χ3v) is 4.81. The normalized spacial score (nSPS) is 11.4. The van der Waals surface area contributed by atoms with Gasteiger partial charge < -0.3 is 4.90 Å². The molecule has 0 fully saturated rings. The average Bonchev–Trinajstić information content (AvgIpc) is 2.64. The summed E-state index contributed by atoms with van der Waals surface area (Å²) in [5.41, 5.74) is 7.49. The van der Waals surface area contributed by atoms with Gasteiger partial charge >= 0.3 is 0 Å². The maximum atomic E-state index is 4.44. The molecule has 2 nitrogen and oxygen atoms in total. The van der Waals surface area contributed by atoms with Crippen molar-refractivity contribution in [3.8, 4) is 0 Å². The molecule has 3 rings (SSSR count). The van der Waals surface area contributed by atoms with Gasteiger partial charge in [-0.2, -0.15) is 0 Å². The molecule has 0 amide bonds. The number of rotatable bonds is 5. The third-order valence-electron chi connectivity index (χ3n) is 4.81. The molecule has 0 spiro atoms. The molecule has 0 aliphatic rings. The summed E-state index contributed by atoms with van der Waals surface area (Å²) < 4.78 is 0. The summed E-state index contributed by atoms with van der Waals surface area (Å²) in [6.45, 7) is 10.9. The van der Waals surface area contributed by atoms with E-state index in [1.165, 1.54) is 33.3 Å². The van der Waals surface area contributed by atoms with Crippen LogP contribution in [0.5, 0.6) is 0 Å². The molecule has 1 heterocycles. The number of pyridine rings is 1. The quantitative estimate of drug-likeness (QED) is 0.582. The van der Waals surface area contributed by atoms with Crippen LogP contribution in [0.1, 0.15) is 36.1 Å². The van der Waals surface area contributed by atoms with E-state index < -0.39 is 0 Å². The fraction of sp³-hybridized carbons (Fsp3) is 0.261. The highest BCUT2D eigenvalue weighted by molar-refractivity contribution is 5.90. The van der Waals surface area contributed by atoms with E-state index in [-0.39, 0.29) is 0 Å². The lowest BCUT2D eigenvalue weighted by Gasteiger charge is -2.24. The van der Waals surface area contributed by atoms with Crippen LogP contribution >= 0.6 is 0 Å². The fourth-order valence-corrected chi connectivity index (χ4v) is 3.35. The summed E-state index contributed by atoms with van der Waals surface area (Å²) in [7, 11) is 0. The van der Waals surface area contributed by atoms with Gasteiger partial charge in [-0.25, -0.2) is 0 Å². The fourth-order valence-electron chi connectivity index (χ4n) is 3.35. The van der Waals surface area contributed by atoms with Gasteiger partial charge in [-0.15, -0.1) is 0 Å². The molecule has 0 saturated carbocycles. The lowest BCUT2D eigenvalue weighted by Crippen LogP contribution is -2.22. The Bertz CT molecular complexity index is 900. The van der Waals surface area contributed by atoms with E-state index in [2.05, 4.69) is 86.1 Å². The number of para-hydroxylation sites is 1. The Morgan fingerprint density at radius 2 is 1.60 bits per heavy atom. The van der Waals surface area contributed by atoms with Gasteiger partial charge in [0.05, 0.1) is 5.52 Å². The number of benzene rings is 2. The molecule has 0 atom stereocenters. The van der Waals surface area contributed by atoms with Crippen molar-refractivity contribution in [2.75, 3.05) is 18.0 Å². The minimum absolute atomic E-state index is 1.04. The monoisotopic (exact) mass is 330 g/mol. The van der Waals surface area contributed by atoms with E-state index in [0.29, 0.717) is 0 Å². The summed E-state index contributed by atoms with van der Waals surface area (Å²) in [6.07, 6.45) is 6.29. The van der Waals surface area contributed by atoms with Crippen molar-refractivity contribution in [3.05, 3.63) is 70.9 Å². The van der Waals surface area contributed by atoms with Crippen LogP contribution in [0.2, 0.25) is 0 Å². The van der Waals surface area contributed by atoms with Crippen LogP contribution in [0, 0.1) is 13.8 Å². The highest BCUT2D eigenvalue weighted by Gasteiger charge is 2.08. The number of aromatic nitrogens is 1. The zero-order chi connectivity index (χ0) is 17.8. The highest BCUT2D eigenvalue weighted by Crippen LogP contribution is 2.26. The maximum Gasteiger partial charge on any atom is 0.0707 e. The van der Waals surface area contributed by atoms with Crippen LogP contribution in [0.3, 0.4) is 0 Å². The molecule has 3 aromatic rings. The molecule has 0 unspecified atom stereocenters. The molecule has 25 heavy (non-hydrogen) atoms. The topological polar surface area (TPSA) is 16.1 Å². The lowest BCUT2D eigenvalue weighted by atomic mass is 10.0. The van der Waals surface area contributed by atoms with Crippen molar-refractivity contribution in [2.24, 2.45) is 0 Å². The molecule has 0 aliphatic carbocycles. The van der Waals surface area contributed by atoms with Gasteiger partial charge in [0.25, 0.3) is 0 Å². The summed E-state index contributed by atoms with van der Waals surface area (Å²) in [5.74, 6) is 0. The Kier molecular flexibility index (Phi) is 5.18. The highest BCUT2D eigenvalue weighted by atomic mass is 15.1. The molecule has 0 aliphatic heterocycles. The largest absolute Gasteiger partial charge is 0.372 e. The Balaban J connectivity index is 1.97. The molecule has 0 bridgehead atoms. The number of anilines is 1. The second-order valence-electron chi connectivity index (χ2n) is 6.42. The third kappa shape index (κ3) is 3.58. The zero-order valence-electron chi connectivity index (χ0n) is 15.6. The molecule has 2 aromatic carbocycles. The van der Waals surface area contributed by atoms with Crippen molar-refractivity contribution in [2.45, 2.75) is 27.7 Å². The molecule has 1 aromatic heterocycles. The van der Waals surface area contributed by atoms with Crippen LogP contribution < -0.4 is 4.90 Å². The number of hydrogen-bond donors (Lipinski definition) is 0. The molecule has 0 saturated heterocycles. The van der Waals surface area contributed by atoms with Crippen LogP contribution in [-0.2, 0) is 0 Å². The van der Waals surface area contributed by atoms with E-state index in [0.717, 1.165) is 18.6 Å². The Morgan fingerprint density at radius 3 is 2.36 bits per heavy atom. The van der Waals surface area contributed by atoms with Crippen molar-refractivity contribution in [3.63, 3.8) is 0 Å². The molecular weight excluding hydrogens is 304 g/mol. The van der Waals surface area contributed by atoms with Crippen LogP contribution in [0.25, 0.3) is 23.1 Å². The van der Waals surface area contributed by atoms with Gasteiger partial charge in [0.15, 0.2) is 0 Å². The minimum atomic E-state index is 1.04. The van der Waals surface area contributed by atoms with Crippen LogP contribution in [0.15, 0.2) is 48.7 Å². The molecular formula is C23H26N2. The first-order chi connectivity index (χ1) is 12.1. The van der Waals surface area contributed by atoms with E-state index in [4.69, 9.17) is 0 Å². The standard InChI is InChI=1S/C23H26N2/c1-5-25(6-2)23-16-17(3)20(15-18(23)4)12-11-19-13-14-24-22-10-8-7-9-21(19)22/h7-16H,5-6H2,1-4H3/b12-11-. The Morgan fingerprint density at radius 1 is 0.880 bits per heavy atom. The van der Waals surface area contributed by atoms with Crippen molar-refractivity contribution >= 4 is 28.7 Å². The van der Waals surface area contributed by atoms with Crippen molar-refractivity contribution in [1.82, 2.24) is 4.98 Å². The molecule has 0 N–H and O–H groups in total. The Hall–Kier alpha value is -2.61. The van der Waals surface area contributed by atoms with E-state index in [9.17, 15) is 0 Å². The van der Waals surface area contributed by atoms with Gasteiger partial charge in [0.2, 0.25) is 0 Å². The summed E-state index contributed by atoms with van der Waals surface area (Å²) in [4.78, 5) is 6.85. The number of nitrogens with zero attached hydrogens (tertiary/aromatic N) is 2. The van der Waals surface area contributed by atoms with Crippen LogP contribution in [-0.4, -0.2) is 18.1 Å². The van der Waals surface area contributed by atoms with Gasteiger partial charge in [-0.05, 0) is 74.2 Å². The number of aryl methyl sites for hydroxylation is 2. The van der Waals surface area contributed by atoms with Gasteiger partial charge in [-0.3, -0.25) is 4.98 Å². The van der Waals surface area contributed by atoms with E-state index in [1.54, 1.807) is 0 Å². The van der Waals surface area contributed by atoms with Gasteiger partial charge in [-0.1, -0.05) is 30.4 Å². The van der Waals surface area contributed by atoms with Crippen molar-refractivity contribution < 1.29 is 0 Å². The molecule has 2 heteroatoms. The predicted octanol–water partition coefficient (Wildman–Crippen LogP) is 5.87. The van der Waals surface area contributed by atoms with Crippen LogP contribution in [0.4, 0.5) is 5.69 Å². The first kappa shape index (κ1) is 17.2. The second kappa shape index (κ2) is 7.52. The summed E-state index contributed by atoms with van der Waals surface area (Å²) >= 11 is 0. The SMILES string of the molecule is CCN(CC)c1cc(C)c(/C=C\c2ccnc3ccccc23)cc1C. The zero-order valence-corrected chi connectivity index (χ0v) is 15.6. The predicted molar refractivity (Wildman–Crippen MR) is 110 cm³/mol. The lowest BCUT2D eigenvalue weighted by molar-refractivity contribution is 0.861. The number of fused-ring (bicyclic) bond motifs is 1. The first-order valence-electron chi connectivity index (χ1n) is 9.02. The van der Waals surface area contributed by atoms with Gasteiger partial charge in [0, 0.05) is 30.4 Å². The number of hydrogen-bond acceptors (Lipinski definition) is 2. The van der Waals surface area contributed by atoms with E-state index in [1.807, 2.05) is 12.3 Å². The van der Waals surface area contributed by atoms with E-state index >= 15 is 0 Å². The van der Waals surface area contributed by atoms with Gasteiger partial charge in [0.1, 0.15) is 0 Å². The second-order valence-corrected chi connectivity index (χ2v) is 6.42. The van der Waals surface area contributed by atoms with Crippen molar-refractivity contribution in [1.29, 1.82) is 0 Å². The first-order valence-corrected chi connectivity index (χ1v) is 9.02.